The molecule has 2 unspecified atom stereocenters. The van der Waals surface area contributed by atoms with E-state index in [1.54, 1.807) is 0 Å². The van der Waals surface area contributed by atoms with E-state index in [-0.39, 0.29) is 0 Å². The van der Waals surface area contributed by atoms with Crippen LogP contribution in [0.25, 0.3) is 0 Å². The normalized spacial score (nSPS) is 43.1. The van der Waals surface area contributed by atoms with Gasteiger partial charge in [0.25, 0.3) is 0 Å². The topological polar surface area (TPSA) is 0 Å². The highest BCUT2D eigenvalue weighted by Gasteiger charge is 2.56. The number of rotatable bonds is 6. The summed E-state index contributed by atoms with van der Waals surface area (Å²) >= 11 is 0. The molecular weight excluding hydrogens is 348 g/mol. The lowest BCUT2D eigenvalue weighted by Gasteiger charge is -2.58. The molecule has 0 aromatic rings. The van der Waals surface area contributed by atoms with Crippen LogP contribution in [-0.4, -0.2) is 0 Å². The lowest BCUT2D eigenvalue weighted by Crippen LogP contribution is -2.48. The van der Waals surface area contributed by atoms with Crippen molar-refractivity contribution in [2.24, 2.45) is 46.3 Å². The molecule has 7 atom stereocenters. The molecule has 0 N–H and O–H groups in total. The Morgan fingerprint density at radius 1 is 0.931 bits per heavy atom. The average molecular weight is 399 g/mol. The zero-order valence-corrected chi connectivity index (χ0v) is 20.7. The predicted octanol–water partition coefficient (Wildman–Crippen LogP) is 9.20. The molecule has 166 valence electrons. The number of hydrogen-bond acceptors (Lipinski definition) is 0. The molecule has 0 aromatic carbocycles. The zero-order chi connectivity index (χ0) is 20.8. The van der Waals surface area contributed by atoms with Gasteiger partial charge in [0.15, 0.2) is 0 Å². The Morgan fingerprint density at radius 3 is 2.45 bits per heavy atom. The first-order chi connectivity index (χ1) is 13.8. The molecule has 0 aromatic heterocycles. The molecule has 0 radical (unpaired) electrons. The third-order valence-electron chi connectivity index (χ3n) is 10.9. The highest BCUT2D eigenvalue weighted by atomic mass is 14.6. The minimum atomic E-state index is 0.547. The van der Waals surface area contributed by atoms with E-state index >= 15 is 0 Å². The smallest absolute Gasteiger partial charge is 0.00825 e. The Bertz CT molecular complexity index is 612. The largest absolute Gasteiger partial charge is 0.0668 e. The predicted molar refractivity (Wildman–Crippen MR) is 127 cm³/mol. The molecule has 4 aliphatic carbocycles. The van der Waals surface area contributed by atoms with E-state index in [9.17, 15) is 0 Å². The Balaban J connectivity index is 1.55. The van der Waals surface area contributed by atoms with Crippen LogP contribution in [0.15, 0.2) is 11.1 Å². The Kier molecular flexibility index (Phi) is 6.32. The summed E-state index contributed by atoms with van der Waals surface area (Å²) in [5.41, 5.74) is 5.17. The van der Waals surface area contributed by atoms with Crippen LogP contribution >= 0.6 is 0 Å². The van der Waals surface area contributed by atoms with Gasteiger partial charge in [-0.15, -0.1) is 0 Å². The third kappa shape index (κ3) is 3.67. The van der Waals surface area contributed by atoms with Gasteiger partial charge in [-0.25, -0.2) is 0 Å². The summed E-state index contributed by atoms with van der Waals surface area (Å²) in [4.78, 5) is 0. The summed E-state index contributed by atoms with van der Waals surface area (Å²) in [6, 6.07) is 0. The average Bonchev–Trinajstić information content (AvgIpc) is 3.03. The van der Waals surface area contributed by atoms with Crippen LogP contribution in [0.5, 0.6) is 0 Å². The minimum absolute atomic E-state index is 0.547. The third-order valence-corrected chi connectivity index (χ3v) is 10.9. The van der Waals surface area contributed by atoms with Crippen LogP contribution in [0.1, 0.15) is 125 Å². The SMILES string of the molecule is CCC1CCC[C@@]2(C)C1CCC1=C3CC[C@H]([C@H](C)CCCC(C)C)[C@@]3(C)CC[C@@H]12. The standard InChI is InChI=1S/C29H50/c1-7-22-12-9-18-28(5)25(22)14-13-23-26-16-15-24(21(4)11-8-10-20(2)3)29(26,6)19-17-27(23)28/h20-22,24-25,27H,7-19H2,1-6H3/t21-,22?,24-,25?,27+,28+,29-/m1/s1. The fourth-order valence-electron chi connectivity index (χ4n) is 9.30. The molecule has 0 bridgehead atoms. The van der Waals surface area contributed by atoms with E-state index in [0.717, 1.165) is 35.5 Å². The summed E-state index contributed by atoms with van der Waals surface area (Å²) in [5.74, 6) is 5.72. The first-order valence-corrected chi connectivity index (χ1v) is 13.5. The lowest BCUT2D eigenvalue weighted by molar-refractivity contribution is -0.0265. The fourth-order valence-corrected chi connectivity index (χ4v) is 9.30. The molecule has 0 saturated heterocycles. The van der Waals surface area contributed by atoms with Crippen molar-refractivity contribution in [3.8, 4) is 0 Å². The summed E-state index contributed by atoms with van der Waals surface area (Å²) in [6.45, 7) is 15.3. The van der Waals surface area contributed by atoms with Crippen LogP contribution in [0.2, 0.25) is 0 Å². The Morgan fingerprint density at radius 2 is 1.72 bits per heavy atom. The second-order valence-electron chi connectivity index (χ2n) is 12.7. The molecule has 4 aliphatic rings. The molecule has 3 fully saturated rings. The Hall–Kier alpha value is -0.260. The second kappa shape index (κ2) is 8.35. The highest BCUT2D eigenvalue weighted by Crippen LogP contribution is 2.66. The summed E-state index contributed by atoms with van der Waals surface area (Å²) in [5, 5.41) is 0. The van der Waals surface area contributed by atoms with Crippen LogP contribution in [-0.2, 0) is 0 Å². The quantitative estimate of drug-likeness (QED) is 0.391. The molecule has 0 nitrogen and oxygen atoms in total. The van der Waals surface area contributed by atoms with Crippen LogP contribution in [0.3, 0.4) is 0 Å². The molecule has 0 heterocycles. The molecule has 0 spiro atoms. The van der Waals surface area contributed by atoms with Gasteiger partial charge in [0.1, 0.15) is 0 Å². The maximum atomic E-state index is 2.73. The molecule has 0 amide bonds. The first-order valence-electron chi connectivity index (χ1n) is 13.5. The van der Waals surface area contributed by atoms with E-state index in [1.165, 1.54) is 83.5 Å². The van der Waals surface area contributed by atoms with Crippen LogP contribution < -0.4 is 0 Å². The molecule has 0 aliphatic heterocycles. The van der Waals surface area contributed by atoms with E-state index in [2.05, 4.69) is 41.5 Å². The number of fused-ring (bicyclic) bond motifs is 4. The second-order valence-corrected chi connectivity index (χ2v) is 12.7. The van der Waals surface area contributed by atoms with Crippen molar-refractivity contribution in [3.63, 3.8) is 0 Å². The van der Waals surface area contributed by atoms with Crippen LogP contribution in [0.4, 0.5) is 0 Å². The minimum Gasteiger partial charge on any atom is -0.0668 e. The summed E-state index contributed by atoms with van der Waals surface area (Å²) in [7, 11) is 0. The van der Waals surface area contributed by atoms with Crippen LogP contribution in [0, 0.1) is 46.3 Å². The van der Waals surface area contributed by atoms with Gasteiger partial charge in [-0.2, -0.15) is 0 Å². The molecule has 29 heavy (non-hydrogen) atoms. The highest BCUT2D eigenvalue weighted by molar-refractivity contribution is 5.34. The van der Waals surface area contributed by atoms with E-state index in [1.807, 2.05) is 11.1 Å². The van der Waals surface area contributed by atoms with Gasteiger partial charge in [0, 0.05) is 0 Å². The van der Waals surface area contributed by atoms with Gasteiger partial charge < -0.3 is 0 Å². The zero-order valence-electron chi connectivity index (χ0n) is 20.7. The van der Waals surface area contributed by atoms with Gasteiger partial charge in [-0.1, -0.05) is 91.2 Å². The summed E-state index contributed by atoms with van der Waals surface area (Å²) < 4.78 is 0. The van der Waals surface area contributed by atoms with Crippen molar-refractivity contribution in [2.45, 2.75) is 125 Å². The molecular formula is C29H50. The molecule has 3 saturated carbocycles. The molecule has 0 heteroatoms. The summed E-state index contributed by atoms with van der Waals surface area (Å²) in [6.07, 6.45) is 19.2. The Labute approximate surface area is 182 Å². The van der Waals surface area contributed by atoms with E-state index in [4.69, 9.17) is 0 Å². The van der Waals surface area contributed by atoms with Crippen molar-refractivity contribution in [2.75, 3.05) is 0 Å². The number of hydrogen-bond donors (Lipinski definition) is 0. The maximum Gasteiger partial charge on any atom is -0.00825 e. The van der Waals surface area contributed by atoms with Gasteiger partial charge in [-0.05, 0) is 91.3 Å². The van der Waals surface area contributed by atoms with Crippen molar-refractivity contribution in [1.29, 1.82) is 0 Å². The van der Waals surface area contributed by atoms with Crippen molar-refractivity contribution < 1.29 is 0 Å². The van der Waals surface area contributed by atoms with E-state index < -0.39 is 0 Å². The van der Waals surface area contributed by atoms with Crippen molar-refractivity contribution in [1.82, 2.24) is 0 Å². The van der Waals surface area contributed by atoms with Gasteiger partial charge in [-0.3, -0.25) is 0 Å². The first kappa shape index (κ1) is 22.0. The fraction of sp³-hybridized carbons (Fsp3) is 0.931. The van der Waals surface area contributed by atoms with Crippen molar-refractivity contribution in [3.05, 3.63) is 11.1 Å². The van der Waals surface area contributed by atoms with Gasteiger partial charge in [0.05, 0.1) is 0 Å². The van der Waals surface area contributed by atoms with E-state index in [0.29, 0.717) is 10.8 Å². The maximum absolute atomic E-state index is 2.73. The molecule has 4 rings (SSSR count). The van der Waals surface area contributed by atoms with Gasteiger partial charge >= 0.3 is 0 Å². The van der Waals surface area contributed by atoms with Crippen molar-refractivity contribution >= 4 is 0 Å². The monoisotopic (exact) mass is 398 g/mol. The lowest BCUT2D eigenvalue weighted by atomic mass is 9.47. The van der Waals surface area contributed by atoms with Gasteiger partial charge in [0.2, 0.25) is 0 Å². The number of allylic oxidation sites excluding steroid dienone is 2.